The second-order valence-electron chi connectivity index (χ2n) is 5.98. The maximum atomic E-state index is 14.6. The summed E-state index contributed by atoms with van der Waals surface area (Å²) in [6, 6.07) is 12.9. The molecule has 4 rings (SSSR count). The van der Waals surface area contributed by atoms with Crippen LogP contribution in [0.2, 0.25) is 0 Å². The number of hydrogen-bond acceptors (Lipinski definition) is 3. The van der Waals surface area contributed by atoms with E-state index in [4.69, 9.17) is 4.74 Å². The molecule has 1 aromatic heterocycles. The highest BCUT2D eigenvalue weighted by Gasteiger charge is 2.18. The van der Waals surface area contributed by atoms with E-state index in [9.17, 15) is 8.78 Å². The molecular formula is C19H17F2N3O. The van der Waals surface area contributed by atoms with Crippen LogP contribution in [0.1, 0.15) is 11.7 Å². The van der Waals surface area contributed by atoms with Crippen LogP contribution >= 0.6 is 0 Å². The molecule has 1 aliphatic rings. The molecule has 2 heterocycles. The van der Waals surface area contributed by atoms with Gasteiger partial charge in [-0.1, -0.05) is 6.07 Å². The van der Waals surface area contributed by atoms with Crippen molar-refractivity contribution >= 4 is 0 Å². The third kappa shape index (κ3) is 3.31. The van der Waals surface area contributed by atoms with E-state index in [-0.39, 0.29) is 17.7 Å². The Hall–Kier alpha value is -2.57. The first-order chi connectivity index (χ1) is 12.2. The van der Waals surface area contributed by atoms with E-state index >= 15 is 0 Å². The molecule has 0 radical (unpaired) electrons. The van der Waals surface area contributed by atoms with Crippen LogP contribution in [0.3, 0.4) is 0 Å². The van der Waals surface area contributed by atoms with Crippen LogP contribution in [0.15, 0.2) is 48.5 Å². The molecule has 128 valence electrons. The highest BCUT2D eigenvalue weighted by molar-refractivity contribution is 5.68. The summed E-state index contributed by atoms with van der Waals surface area (Å²) in [5, 5.41) is 10.3. The lowest BCUT2D eigenvalue weighted by atomic mass is 10.0. The van der Waals surface area contributed by atoms with Gasteiger partial charge >= 0.3 is 0 Å². The Morgan fingerprint density at radius 3 is 2.60 bits per heavy atom. The molecule has 1 atom stereocenters. The van der Waals surface area contributed by atoms with Crippen LogP contribution in [-0.4, -0.2) is 29.9 Å². The molecule has 0 saturated carbocycles. The third-order valence-electron chi connectivity index (χ3n) is 4.30. The third-order valence-corrected chi connectivity index (χ3v) is 4.30. The first-order valence-electron chi connectivity index (χ1n) is 8.14. The van der Waals surface area contributed by atoms with E-state index in [1.807, 2.05) is 6.07 Å². The molecule has 4 nitrogen and oxygen atoms in total. The molecule has 0 bridgehead atoms. The lowest BCUT2D eigenvalue weighted by molar-refractivity contribution is 0.0275. The molecule has 2 N–H and O–H groups in total. The van der Waals surface area contributed by atoms with Crippen molar-refractivity contribution in [3.05, 3.63) is 65.7 Å². The van der Waals surface area contributed by atoms with Crippen molar-refractivity contribution in [2.75, 3.05) is 19.7 Å². The van der Waals surface area contributed by atoms with E-state index in [0.29, 0.717) is 30.1 Å². The van der Waals surface area contributed by atoms with Crippen LogP contribution < -0.4 is 5.32 Å². The number of halogens is 2. The summed E-state index contributed by atoms with van der Waals surface area (Å²) in [5.41, 5.74) is 3.23. The number of aromatic nitrogens is 2. The molecule has 0 spiro atoms. The highest BCUT2D eigenvalue weighted by Crippen LogP contribution is 2.28. The van der Waals surface area contributed by atoms with Crippen LogP contribution in [0.5, 0.6) is 0 Å². The zero-order valence-electron chi connectivity index (χ0n) is 13.4. The lowest BCUT2D eigenvalue weighted by Gasteiger charge is -2.24. The first-order valence-corrected chi connectivity index (χ1v) is 8.14. The van der Waals surface area contributed by atoms with Crippen LogP contribution in [0, 0.1) is 11.6 Å². The minimum absolute atomic E-state index is 0.131. The summed E-state index contributed by atoms with van der Waals surface area (Å²) in [6.45, 7) is 2.12. The second-order valence-corrected chi connectivity index (χ2v) is 5.98. The monoisotopic (exact) mass is 341 g/mol. The molecule has 0 amide bonds. The highest BCUT2D eigenvalue weighted by atomic mass is 19.1. The summed E-state index contributed by atoms with van der Waals surface area (Å²) < 4.78 is 33.3. The van der Waals surface area contributed by atoms with Gasteiger partial charge in [0.05, 0.1) is 24.1 Å². The van der Waals surface area contributed by atoms with Gasteiger partial charge < -0.3 is 10.1 Å². The fraction of sp³-hybridized carbons (Fsp3) is 0.211. The Labute approximate surface area is 143 Å². The average molecular weight is 341 g/mol. The number of nitrogens with one attached hydrogen (secondary N) is 2. The predicted octanol–water partition coefficient (Wildman–Crippen LogP) is 3.68. The van der Waals surface area contributed by atoms with Crippen molar-refractivity contribution in [1.29, 1.82) is 0 Å². The van der Waals surface area contributed by atoms with Crippen LogP contribution in [0.4, 0.5) is 8.78 Å². The van der Waals surface area contributed by atoms with Crippen LogP contribution in [0.25, 0.3) is 22.5 Å². The Bertz CT molecular complexity index is 871. The van der Waals surface area contributed by atoms with Gasteiger partial charge in [-0.3, -0.25) is 5.10 Å². The Balaban J connectivity index is 1.60. The minimum atomic E-state index is -0.332. The molecule has 3 aromatic rings. The number of aromatic amines is 1. The Morgan fingerprint density at radius 1 is 1.04 bits per heavy atom. The fourth-order valence-corrected chi connectivity index (χ4v) is 2.96. The topological polar surface area (TPSA) is 49.9 Å². The molecule has 1 saturated heterocycles. The van der Waals surface area contributed by atoms with Crippen molar-refractivity contribution in [2.24, 2.45) is 0 Å². The average Bonchev–Trinajstić information content (AvgIpc) is 3.13. The van der Waals surface area contributed by atoms with E-state index in [1.54, 1.807) is 24.3 Å². The van der Waals surface area contributed by atoms with Crippen LogP contribution in [-0.2, 0) is 4.74 Å². The van der Waals surface area contributed by atoms with Gasteiger partial charge in [0.25, 0.3) is 0 Å². The predicted molar refractivity (Wildman–Crippen MR) is 90.9 cm³/mol. The molecule has 2 aromatic carbocycles. The van der Waals surface area contributed by atoms with Gasteiger partial charge in [-0.15, -0.1) is 0 Å². The molecule has 0 aliphatic carbocycles. The summed E-state index contributed by atoms with van der Waals surface area (Å²) in [6.07, 6.45) is -0.131. The van der Waals surface area contributed by atoms with E-state index in [0.717, 1.165) is 17.7 Å². The van der Waals surface area contributed by atoms with Crippen molar-refractivity contribution in [3.8, 4) is 22.5 Å². The van der Waals surface area contributed by atoms with Crippen molar-refractivity contribution in [1.82, 2.24) is 15.5 Å². The van der Waals surface area contributed by atoms with Crippen molar-refractivity contribution < 1.29 is 13.5 Å². The fourth-order valence-electron chi connectivity index (χ4n) is 2.96. The number of benzene rings is 2. The number of nitrogens with zero attached hydrogens (tertiary/aromatic N) is 1. The normalized spacial score (nSPS) is 17.6. The molecule has 25 heavy (non-hydrogen) atoms. The maximum Gasteiger partial charge on any atom is 0.132 e. The number of ether oxygens (including phenoxy) is 1. The number of H-pyrrole nitrogens is 1. The van der Waals surface area contributed by atoms with Gasteiger partial charge in [0.2, 0.25) is 0 Å². The summed E-state index contributed by atoms with van der Waals surface area (Å²) in [4.78, 5) is 0. The van der Waals surface area contributed by atoms with Gasteiger partial charge in [0.1, 0.15) is 11.6 Å². The quantitative estimate of drug-likeness (QED) is 0.764. The largest absolute Gasteiger partial charge is 0.371 e. The molecule has 6 heteroatoms. The standard InChI is InChI=1S/C19H17F2N3O/c20-14-4-1-12(2-5-14)17-10-18(24-23-17)15-6-3-13(9-16(15)21)19-11-22-7-8-25-19/h1-6,9-10,19,22H,7-8,11H2,(H,23,24). The number of hydrogen-bond donors (Lipinski definition) is 2. The zero-order valence-corrected chi connectivity index (χ0v) is 13.4. The SMILES string of the molecule is Fc1ccc(-c2cc(-c3ccc(C4CNCCO4)cc3F)[nH]n2)cc1. The summed E-state index contributed by atoms with van der Waals surface area (Å²) in [7, 11) is 0. The van der Waals surface area contributed by atoms with E-state index in [2.05, 4.69) is 15.5 Å². The van der Waals surface area contributed by atoms with Gasteiger partial charge in [0.15, 0.2) is 0 Å². The molecule has 1 unspecified atom stereocenters. The lowest BCUT2D eigenvalue weighted by Crippen LogP contribution is -2.33. The summed E-state index contributed by atoms with van der Waals surface area (Å²) >= 11 is 0. The van der Waals surface area contributed by atoms with Gasteiger partial charge in [-0.25, -0.2) is 8.78 Å². The van der Waals surface area contributed by atoms with Crippen molar-refractivity contribution in [2.45, 2.75) is 6.10 Å². The zero-order chi connectivity index (χ0) is 17.2. The minimum Gasteiger partial charge on any atom is -0.371 e. The molecular weight excluding hydrogens is 324 g/mol. The van der Waals surface area contributed by atoms with Crippen molar-refractivity contribution in [3.63, 3.8) is 0 Å². The van der Waals surface area contributed by atoms with Gasteiger partial charge in [0, 0.05) is 24.2 Å². The number of rotatable bonds is 3. The van der Waals surface area contributed by atoms with Gasteiger partial charge in [-0.2, -0.15) is 5.10 Å². The summed E-state index contributed by atoms with van der Waals surface area (Å²) in [5.74, 6) is -0.637. The Morgan fingerprint density at radius 2 is 1.88 bits per heavy atom. The van der Waals surface area contributed by atoms with Gasteiger partial charge in [-0.05, 0) is 48.0 Å². The van der Waals surface area contributed by atoms with E-state index < -0.39 is 0 Å². The smallest absolute Gasteiger partial charge is 0.132 e. The molecule has 1 aliphatic heterocycles. The second kappa shape index (κ2) is 6.74. The molecule has 1 fully saturated rings. The maximum absolute atomic E-state index is 14.6. The van der Waals surface area contributed by atoms with E-state index in [1.165, 1.54) is 18.2 Å². The Kier molecular flexibility index (Phi) is 4.29. The number of morpholine rings is 1. The first kappa shape index (κ1) is 15.9.